The second kappa shape index (κ2) is 7.38. The molecule has 2 N–H and O–H groups in total. The molecular formula is C14H25N3O3S. The summed E-state index contributed by atoms with van der Waals surface area (Å²) < 4.78 is 28.8. The maximum absolute atomic E-state index is 12.3. The summed E-state index contributed by atoms with van der Waals surface area (Å²) in [5, 5.41) is 12.8. The van der Waals surface area contributed by atoms with E-state index in [0.29, 0.717) is 6.54 Å². The summed E-state index contributed by atoms with van der Waals surface area (Å²) in [5.74, 6) is 0.753. The molecule has 0 atom stereocenters. The van der Waals surface area contributed by atoms with E-state index in [2.05, 4.69) is 16.7 Å². The SMILES string of the molecule is CCCC1CCC(NS(=O)(=O)c2cnn(CCO)c2)CC1. The second-order valence-electron chi connectivity index (χ2n) is 5.79. The summed E-state index contributed by atoms with van der Waals surface area (Å²) in [6.07, 6.45) is 9.26. The van der Waals surface area contributed by atoms with Gasteiger partial charge in [0.05, 0.1) is 19.3 Å². The number of nitrogens with zero attached hydrogens (tertiary/aromatic N) is 2. The number of nitrogens with one attached hydrogen (secondary N) is 1. The van der Waals surface area contributed by atoms with Gasteiger partial charge in [0.25, 0.3) is 0 Å². The van der Waals surface area contributed by atoms with Crippen molar-refractivity contribution in [3.63, 3.8) is 0 Å². The topological polar surface area (TPSA) is 84.2 Å². The molecule has 1 aromatic heterocycles. The van der Waals surface area contributed by atoms with Gasteiger partial charge in [0.15, 0.2) is 0 Å². The molecule has 1 saturated carbocycles. The van der Waals surface area contributed by atoms with Crippen LogP contribution in [0.4, 0.5) is 0 Å². The van der Waals surface area contributed by atoms with Crippen LogP contribution in [-0.4, -0.2) is 36.0 Å². The van der Waals surface area contributed by atoms with E-state index in [-0.39, 0.29) is 17.5 Å². The summed E-state index contributed by atoms with van der Waals surface area (Å²) in [5.41, 5.74) is 0. The molecule has 21 heavy (non-hydrogen) atoms. The summed E-state index contributed by atoms with van der Waals surface area (Å²) in [7, 11) is -3.50. The Morgan fingerprint density at radius 1 is 1.38 bits per heavy atom. The molecule has 7 heteroatoms. The van der Waals surface area contributed by atoms with E-state index < -0.39 is 10.0 Å². The highest BCUT2D eigenvalue weighted by molar-refractivity contribution is 7.89. The van der Waals surface area contributed by atoms with Crippen molar-refractivity contribution < 1.29 is 13.5 Å². The van der Waals surface area contributed by atoms with Gasteiger partial charge < -0.3 is 5.11 Å². The predicted molar refractivity (Wildman–Crippen MR) is 80.3 cm³/mol. The van der Waals surface area contributed by atoms with Gasteiger partial charge in [-0.2, -0.15) is 5.10 Å². The lowest BCUT2D eigenvalue weighted by molar-refractivity contribution is 0.269. The zero-order chi connectivity index (χ0) is 15.3. The van der Waals surface area contributed by atoms with Gasteiger partial charge in [-0.15, -0.1) is 0 Å². The fourth-order valence-corrected chi connectivity index (χ4v) is 4.23. The van der Waals surface area contributed by atoms with Gasteiger partial charge in [-0.05, 0) is 31.6 Å². The van der Waals surface area contributed by atoms with Gasteiger partial charge >= 0.3 is 0 Å². The fraction of sp³-hybridized carbons (Fsp3) is 0.786. The van der Waals surface area contributed by atoms with Crippen molar-refractivity contribution in [1.29, 1.82) is 0 Å². The van der Waals surface area contributed by atoms with Gasteiger partial charge in [-0.3, -0.25) is 4.68 Å². The molecule has 120 valence electrons. The molecule has 1 fully saturated rings. The molecule has 1 aromatic rings. The molecule has 0 saturated heterocycles. The zero-order valence-corrected chi connectivity index (χ0v) is 13.3. The monoisotopic (exact) mass is 315 g/mol. The lowest BCUT2D eigenvalue weighted by atomic mass is 9.84. The first kappa shape index (κ1) is 16.5. The third-order valence-corrected chi connectivity index (χ3v) is 5.59. The summed E-state index contributed by atoms with van der Waals surface area (Å²) in [6.45, 7) is 2.44. The smallest absolute Gasteiger partial charge is 0.243 e. The quantitative estimate of drug-likeness (QED) is 0.799. The predicted octanol–water partition coefficient (Wildman–Crippen LogP) is 1.51. The van der Waals surface area contributed by atoms with Crippen LogP contribution in [0.3, 0.4) is 0 Å². The molecule has 2 rings (SSSR count). The number of rotatable bonds is 7. The lowest BCUT2D eigenvalue weighted by Crippen LogP contribution is -2.37. The first-order chi connectivity index (χ1) is 10.0. The van der Waals surface area contributed by atoms with Crippen LogP contribution in [-0.2, 0) is 16.6 Å². The Balaban J connectivity index is 1.92. The van der Waals surface area contributed by atoms with Crippen LogP contribution in [0.1, 0.15) is 45.4 Å². The Labute approximate surface area is 126 Å². The Kier molecular flexibility index (Phi) is 5.78. The maximum atomic E-state index is 12.3. The number of aromatic nitrogens is 2. The zero-order valence-electron chi connectivity index (χ0n) is 12.5. The van der Waals surface area contributed by atoms with Crippen LogP contribution >= 0.6 is 0 Å². The van der Waals surface area contributed by atoms with E-state index in [1.165, 1.54) is 29.9 Å². The first-order valence-corrected chi connectivity index (χ1v) is 9.19. The minimum atomic E-state index is -3.50. The first-order valence-electron chi connectivity index (χ1n) is 7.70. The highest BCUT2D eigenvalue weighted by Gasteiger charge is 2.26. The highest BCUT2D eigenvalue weighted by Crippen LogP contribution is 2.28. The van der Waals surface area contributed by atoms with Crippen LogP contribution in [0.25, 0.3) is 0 Å². The average molecular weight is 315 g/mol. The number of hydrogen-bond acceptors (Lipinski definition) is 4. The minimum Gasteiger partial charge on any atom is -0.394 e. The van der Waals surface area contributed by atoms with E-state index >= 15 is 0 Å². The molecule has 0 unspecified atom stereocenters. The van der Waals surface area contributed by atoms with Crippen molar-refractivity contribution >= 4 is 10.0 Å². The standard InChI is InChI=1S/C14H25N3O3S/c1-2-3-12-4-6-13(7-5-12)16-21(19,20)14-10-15-17(11-14)8-9-18/h10-13,16,18H,2-9H2,1H3. The van der Waals surface area contributed by atoms with Crippen LogP contribution in [0.2, 0.25) is 0 Å². The maximum Gasteiger partial charge on any atom is 0.243 e. The van der Waals surface area contributed by atoms with Gasteiger partial charge in [0, 0.05) is 12.2 Å². The number of aliphatic hydroxyl groups excluding tert-OH is 1. The highest BCUT2D eigenvalue weighted by atomic mass is 32.2. The van der Waals surface area contributed by atoms with E-state index in [9.17, 15) is 8.42 Å². The van der Waals surface area contributed by atoms with Crippen LogP contribution < -0.4 is 4.72 Å². The van der Waals surface area contributed by atoms with Crippen molar-refractivity contribution in [3.05, 3.63) is 12.4 Å². The Bertz CT molecular complexity index is 533. The van der Waals surface area contributed by atoms with E-state index in [0.717, 1.165) is 31.6 Å². The molecule has 0 aromatic carbocycles. The molecule has 0 aliphatic heterocycles. The van der Waals surface area contributed by atoms with Crippen molar-refractivity contribution in [1.82, 2.24) is 14.5 Å². The van der Waals surface area contributed by atoms with Crippen LogP contribution in [0.15, 0.2) is 17.3 Å². The minimum absolute atomic E-state index is 0.0318. The normalized spacial score (nSPS) is 23.3. The Morgan fingerprint density at radius 2 is 2.10 bits per heavy atom. The van der Waals surface area contributed by atoms with Gasteiger partial charge in [0.1, 0.15) is 4.90 Å². The molecule has 0 spiro atoms. The third-order valence-electron chi connectivity index (χ3n) is 4.11. The second-order valence-corrected chi connectivity index (χ2v) is 7.50. The average Bonchev–Trinajstić information content (AvgIpc) is 2.91. The van der Waals surface area contributed by atoms with Gasteiger partial charge in [-0.1, -0.05) is 19.8 Å². The van der Waals surface area contributed by atoms with Crippen molar-refractivity contribution in [2.24, 2.45) is 5.92 Å². The molecule has 0 bridgehead atoms. The van der Waals surface area contributed by atoms with E-state index in [1.807, 2.05) is 0 Å². The van der Waals surface area contributed by atoms with Crippen molar-refractivity contribution in [2.45, 2.75) is 62.9 Å². The lowest BCUT2D eigenvalue weighted by Gasteiger charge is -2.28. The van der Waals surface area contributed by atoms with Crippen molar-refractivity contribution in [3.8, 4) is 0 Å². The van der Waals surface area contributed by atoms with Crippen LogP contribution in [0.5, 0.6) is 0 Å². The largest absolute Gasteiger partial charge is 0.394 e. The third kappa shape index (κ3) is 4.52. The fourth-order valence-electron chi connectivity index (χ4n) is 2.97. The van der Waals surface area contributed by atoms with Gasteiger partial charge in [-0.25, -0.2) is 13.1 Å². The number of hydrogen-bond donors (Lipinski definition) is 2. The molecule has 1 aliphatic carbocycles. The van der Waals surface area contributed by atoms with Crippen molar-refractivity contribution in [2.75, 3.05) is 6.61 Å². The number of aliphatic hydroxyl groups is 1. The summed E-state index contributed by atoms with van der Waals surface area (Å²) >= 11 is 0. The molecule has 0 radical (unpaired) electrons. The van der Waals surface area contributed by atoms with E-state index in [1.54, 1.807) is 0 Å². The number of sulfonamides is 1. The molecule has 1 aliphatic rings. The summed E-state index contributed by atoms with van der Waals surface area (Å²) in [6, 6.07) is 0.0318. The molecule has 6 nitrogen and oxygen atoms in total. The Hall–Kier alpha value is -0.920. The van der Waals surface area contributed by atoms with Gasteiger partial charge in [0.2, 0.25) is 10.0 Å². The summed E-state index contributed by atoms with van der Waals surface area (Å²) in [4.78, 5) is 0.173. The molecular weight excluding hydrogens is 290 g/mol. The molecule has 1 heterocycles. The van der Waals surface area contributed by atoms with E-state index in [4.69, 9.17) is 5.11 Å². The molecule has 0 amide bonds. The van der Waals surface area contributed by atoms with Crippen LogP contribution in [0, 0.1) is 5.92 Å². The Morgan fingerprint density at radius 3 is 2.71 bits per heavy atom.